The molecule has 1 heterocycles. The van der Waals surface area contributed by atoms with Crippen LogP contribution in [0.3, 0.4) is 0 Å². The summed E-state index contributed by atoms with van der Waals surface area (Å²) in [5, 5.41) is 8.21. The van der Waals surface area contributed by atoms with Crippen LogP contribution in [-0.2, 0) is 10.2 Å². The second kappa shape index (κ2) is 3.53. The van der Waals surface area contributed by atoms with Crippen LogP contribution in [0.25, 0.3) is 0 Å². The highest BCUT2D eigenvalue weighted by molar-refractivity contribution is 7.86. The molecule has 13 heavy (non-hydrogen) atoms. The lowest BCUT2D eigenvalue weighted by Crippen LogP contribution is -2.52. The van der Waals surface area contributed by atoms with Gasteiger partial charge in [-0.25, -0.2) is 5.14 Å². The molecule has 1 saturated heterocycles. The van der Waals surface area contributed by atoms with Gasteiger partial charge < -0.3 is 5.32 Å². The predicted octanol–water partition coefficient (Wildman–Crippen LogP) is -0.736. The lowest BCUT2D eigenvalue weighted by Gasteiger charge is -2.37. The first kappa shape index (κ1) is 10.9. The monoisotopic (exact) mass is 207 g/mol. The molecule has 1 fully saturated rings. The summed E-state index contributed by atoms with van der Waals surface area (Å²) in [4.78, 5) is 0. The van der Waals surface area contributed by atoms with Crippen molar-refractivity contribution in [2.45, 2.75) is 25.3 Å². The SMILES string of the molecule is CNC1(C)CCN(S(N)(=O)=O)CC1. The molecule has 0 spiro atoms. The van der Waals surface area contributed by atoms with Gasteiger partial charge in [0.1, 0.15) is 0 Å². The van der Waals surface area contributed by atoms with Crippen LogP contribution in [0.4, 0.5) is 0 Å². The maximum Gasteiger partial charge on any atom is 0.276 e. The van der Waals surface area contributed by atoms with Gasteiger partial charge in [-0.05, 0) is 26.8 Å². The molecule has 1 rings (SSSR count). The second-order valence-electron chi connectivity index (χ2n) is 3.75. The van der Waals surface area contributed by atoms with E-state index in [0.717, 1.165) is 12.8 Å². The summed E-state index contributed by atoms with van der Waals surface area (Å²) in [6, 6.07) is 0. The van der Waals surface area contributed by atoms with Crippen LogP contribution in [0.1, 0.15) is 19.8 Å². The van der Waals surface area contributed by atoms with E-state index in [2.05, 4.69) is 12.2 Å². The summed E-state index contributed by atoms with van der Waals surface area (Å²) < 4.78 is 23.3. The van der Waals surface area contributed by atoms with Crippen LogP contribution < -0.4 is 10.5 Å². The van der Waals surface area contributed by atoms with Crippen molar-refractivity contribution in [1.82, 2.24) is 9.62 Å². The van der Waals surface area contributed by atoms with E-state index in [0.29, 0.717) is 13.1 Å². The largest absolute Gasteiger partial charge is 0.314 e. The summed E-state index contributed by atoms with van der Waals surface area (Å²) in [6.07, 6.45) is 1.61. The summed E-state index contributed by atoms with van der Waals surface area (Å²) >= 11 is 0. The third-order valence-corrected chi connectivity index (χ3v) is 3.87. The fourth-order valence-electron chi connectivity index (χ4n) is 1.48. The third kappa shape index (κ3) is 2.63. The van der Waals surface area contributed by atoms with Gasteiger partial charge in [-0.1, -0.05) is 0 Å². The fourth-order valence-corrected chi connectivity index (χ4v) is 2.18. The molecule has 0 radical (unpaired) electrons. The van der Waals surface area contributed by atoms with Crippen molar-refractivity contribution in [1.29, 1.82) is 0 Å². The van der Waals surface area contributed by atoms with Crippen molar-refractivity contribution >= 4 is 10.2 Å². The molecule has 0 aromatic heterocycles. The molecule has 0 aromatic carbocycles. The molecule has 0 amide bonds. The number of nitrogens with one attached hydrogen (secondary N) is 1. The van der Waals surface area contributed by atoms with Crippen LogP contribution in [0.2, 0.25) is 0 Å². The van der Waals surface area contributed by atoms with Crippen molar-refractivity contribution < 1.29 is 8.42 Å². The molecule has 0 atom stereocenters. The Bertz CT molecular complexity index is 267. The van der Waals surface area contributed by atoms with Gasteiger partial charge in [0.15, 0.2) is 0 Å². The Balaban J connectivity index is 2.58. The zero-order valence-corrected chi connectivity index (χ0v) is 8.89. The highest BCUT2D eigenvalue weighted by Crippen LogP contribution is 2.21. The smallest absolute Gasteiger partial charge is 0.276 e. The molecule has 78 valence electrons. The first-order valence-corrected chi connectivity index (χ1v) is 5.84. The van der Waals surface area contributed by atoms with Crippen LogP contribution >= 0.6 is 0 Å². The van der Waals surface area contributed by atoms with Crippen LogP contribution in [-0.4, -0.2) is 38.4 Å². The van der Waals surface area contributed by atoms with Crippen molar-refractivity contribution in [2.75, 3.05) is 20.1 Å². The van der Waals surface area contributed by atoms with E-state index in [9.17, 15) is 8.42 Å². The zero-order valence-electron chi connectivity index (χ0n) is 8.08. The molecular weight excluding hydrogens is 190 g/mol. The van der Waals surface area contributed by atoms with Gasteiger partial charge in [0, 0.05) is 18.6 Å². The third-order valence-electron chi connectivity index (χ3n) is 2.79. The Morgan fingerprint density at radius 1 is 1.38 bits per heavy atom. The van der Waals surface area contributed by atoms with E-state index in [1.807, 2.05) is 7.05 Å². The van der Waals surface area contributed by atoms with Gasteiger partial charge in [0.05, 0.1) is 0 Å². The maximum atomic E-state index is 11.0. The van der Waals surface area contributed by atoms with Gasteiger partial charge >= 0.3 is 0 Å². The number of hydrogen-bond donors (Lipinski definition) is 2. The van der Waals surface area contributed by atoms with E-state index in [1.54, 1.807) is 0 Å². The number of nitrogens with zero attached hydrogens (tertiary/aromatic N) is 1. The summed E-state index contributed by atoms with van der Waals surface area (Å²) in [7, 11) is -1.58. The van der Waals surface area contributed by atoms with Gasteiger partial charge in [-0.2, -0.15) is 12.7 Å². The van der Waals surface area contributed by atoms with E-state index in [-0.39, 0.29) is 5.54 Å². The first-order chi connectivity index (χ1) is 5.87. The standard InChI is InChI=1S/C7H17N3O2S/c1-7(9-2)3-5-10(6-4-7)13(8,11)12/h9H,3-6H2,1-2H3,(H2,8,11,12). The molecule has 6 heteroatoms. The number of piperidine rings is 1. The molecule has 0 saturated carbocycles. The molecule has 1 aliphatic rings. The Morgan fingerprint density at radius 2 is 1.85 bits per heavy atom. The van der Waals surface area contributed by atoms with E-state index in [4.69, 9.17) is 5.14 Å². The van der Waals surface area contributed by atoms with Gasteiger partial charge in [0.2, 0.25) is 0 Å². The molecule has 0 aliphatic carbocycles. The molecule has 0 unspecified atom stereocenters. The highest BCUT2D eigenvalue weighted by atomic mass is 32.2. The van der Waals surface area contributed by atoms with E-state index >= 15 is 0 Å². The zero-order chi connectivity index (χ0) is 10.1. The summed E-state index contributed by atoms with van der Waals surface area (Å²) in [5.41, 5.74) is 0.0567. The molecule has 0 bridgehead atoms. The molecular formula is C7H17N3O2S. The average molecular weight is 207 g/mol. The minimum absolute atomic E-state index is 0.0567. The van der Waals surface area contributed by atoms with Crippen molar-refractivity contribution in [3.63, 3.8) is 0 Å². The summed E-state index contributed by atoms with van der Waals surface area (Å²) in [5.74, 6) is 0. The highest BCUT2D eigenvalue weighted by Gasteiger charge is 2.31. The fraction of sp³-hybridized carbons (Fsp3) is 1.00. The molecule has 1 aliphatic heterocycles. The van der Waals surface area contributed by atoms with Crippen molar-refractivity contribution in [3.8, 4) is 0 Å². The number of nitrogens with two attached hydrogens (primary N) is 1. The minimum atomic E-state index is -3.48. The predicted molar refractivity (Wildman–Crippen MR) is 51.4 cm³/mol. The molecule has 5 nitrogen and oxygen atoms in total. The van der Waals surface area contributed by atoms with Gasteiger partial charge in [0.25, 0.3) is 10.2 Å². The van der Waals surface area contributed by atoms with Crippen LogP contribution in [0.15, 0.2) is 0 Å². The Labute approximate surface area is 79.5 Å². The minimum Gasteiger partial charge on any atom is -0.314 e. The molecule has 3 N–H and O–H groups in total. The van der Waals surface area contributed by atoms with Crippen molar-refractivity contribution in [2.24, 2.45) is 5.14 Å². The Hall–Kier alpha value is -0.170. The lowest BCUT2D eigenvalue weighted by molar-refractivity contribution is 0.220. The quantitative estimate of drug-likeness (QED) is 0.626. The first-order valence-electron chi connectivity index (χ1n) is 4.34. The van der Waals surface area contributed by atoms with E-state index < -0.39 is 10.2 Å². The second-order valence-corrected chi connectivity index (χ2v) is 5.30. The van der Waals surface area contributed by atoms with Gasteiger partial charge in [-0.3, -0.25) is 0 Å². The maximum absolute atomic E-state index is 11.0. The molecule has 0 aromatic rings. The topological polar surface area (TPSA) is 75.4 Å². The average Bonchev–Trinajstić information content (AvgIpc) is 2.04. The van der Waals surface area contributed by atoms with Crippen LogP contribution in [0.5, 0.6) is 0 Å². The Morgan fingerprint density at radius 3 is 2.15 bits per heavy atom. The normalized spacial score (nSPS) is 24.5. The van der Waals surface area contributed by atoms with Gasteiger partial charge in [-0.15, -0.1) is 0 Å². The number of hydrogen-bond acceptors (Lipinski definition) is 3. The van der Waals surface area contributed by atoms with Crippen molar-refractivity contribution in [3.05, 3.63) is 0 Å². The lowest BCUT2D eigenvalue weighted by atomic mass is 9.91. The van der Waals surface area contributed by atoms with E-state index in [1.165, 1.54) is 4.31 Å². The Kier molecular flexibility index (Phi) is 2.96. The van der Waals surface area contributed by atoms with Crippen LogP contribution in [0, 0.1) is 0 Å². The number of rotatable bonds is 2. The summed E-state index contributed by atoms with van der Waals surface area (Å²) in [6.45, 7) is 3.11.